The minimum Gasteiger partial charge on any atom is -0.366 e. The number of benzene rings is 1. The van der Waals surface area contributed by atoms with Crippen LogP contribution in [0, 0.1) is 0 Å². The summed E-state index contributed by atoms with van der Waals surface area (Å²) >= 11 is 0. The maximum Gasteiger partial charge on any atom is 0.251 e. The first-order chi connectivity index (χ1) is 10.7. The van der Waals surface area contributed by atoms with E-state index < -0.39 is 5.91 Å². The van der Waals surface area contributed by atoms with E-state index in [2.05, 4.69) is 10.2 Å². The Morgan fingerprint density at radius 1 is 1.00 bits per heavy atom. The van der Waals surface area contributed by atoms with E-state index in [0.29, 0.717) is 17.7 Å². The first kappa shape index (κ1) is 16.5. The van der Waals surface area contributed by atoms with Crippen LogP contribution in [0.1, 0.15) is 52.8 Å². The quantitative estimate of drug-likeness (QED) is 0.787. The highest BCUT2D eigenvalue weighted by Crippen LogP contribution is 2.09. The van der Waals surface area contributed by atoms with Crippen LogP contribution in [0.5, 0.6) is 0 Å². The van der Waals surface area contributed by atoms with Crippen molar-refractivity contribution in [1.29, 1.82) is 0 Å². The van der Waals surface area contributed by atoms with Crippen molar-refractivity contribution in [3.8, 4) is 0 Å². The molecule has 0 aliphatic carbocycles. The summed E-state index contributed by atoms with van der Waals surface area (Å²) in [6.45, 7) is 4.08. The van der Waals surface area contributed by atoms with Gasteiger partial charge in [0, 0.05) is 17.7 Å². The van der Waals surface area contributed by atoms with E-state index in [4.69, 9.17) is 5.73 Å². The average molecular weight is 303 g/mol. The van der Waals surface area contributed by atoms with Crippen molar-refractivity contribution in [3.05, 3.63) is 35.4 Å². The van der Waals surface area contributed by atoms with Crippen molar-refractivity contribution in [2.45, 2.75) is 32.1 Å². The van der Waals surface area contributed by atoms with Gasteiger partial charge in [0.25, 0.3) is 5.91 Å². The van der Waals surface area contributed by atoms with Crippen molar-refractivity contribution < 1.29 is 9.59 Å². The number of amides is 2. The van der Waals surface area contributed by atoms with Crippen LogP contribution >= 0.6 is 0 Å². The van der Waals surface area contributed by atoms with Gasteiger partial charge in [-0.3, -0.25) is 9.59 Å². The van der Waals surface area contributed by atoms with Crippen LogP contribution in [-0.2, 0) is 0 Å². The lowest BCUT2D eigenvalue weighted by atomic mass is 10.1. The van der Waals surface area contributed by atoms with Crippen LogP contribution in [0.25, 0.3) is 0 Å². The van der Waals surface area contributed by atoms with Crippen molar-refractivity contribution >= 4 is 11.8 Å². The monoisotopic (exact) mass is 303 g/mol. The molecular formula is C17H25N3O2. The van der Waals surface area contributed by atoms with E-state index in [1.54, 1.807) is 24.3 Å². The van der Waals surface area contributed by atoms with Crippen molar-refractivity contribution in [3.63, 3.8) is 0 Å². The van der Waals surface area contributed by atoms with Crippen LogP contribution in [0.3, 0.4) is 0 Å². The molecule has 0 bridgehead atoms. The number of hydrogen-bond donors (Lipinski definition) is 2. The van der Waals surface area contributed by atoms with Crippen molar-refractivity contribution in [1.82, 2.24) is 10.2 Å². The van der Waals surface area contributed by atoms with Crippen LogP contribution in [-0.4, -0.2) is 42.9 Å². The van der Waals surface area contributed by atoms with Gasteiger partial charge in [0.15, 0.2) is 0 Å². The number of nitrogens with zero attached hydrogens (tertiary/aromatic N) is 1. The van der Waals surface area contributed by atoms with Gasteiger partial charge < -0.3 is 16.0 Å². The molecule has 0 spiro atoms. The van der Waals surface area contributed by atoms with E-state index >= 15 is 0 Å². The predicted octanol–water partition coefficient (Wildman–Crippen LogP) is 1.78. The van der Waals surface area contributed by atoms with Crippen LogP contribution < -0.4 is 11.1 Å². The molecule has 1 aromatic carbocycles. The zero-order chi connectivity index (χ0) is 15.8. The summed E-state index contributed by atoms with van der Waals surface area (Å²) in [6.07, 6.45) is 6.23. The number of primary amides is 1. The molecule has 1 aromatic rings. The number of nitrogens with two attached hydrogens (primary N) is 1. The van der Waals surface area contributed by atoms with Gasteiger partial charge in [0.2, 0.25) is 5.91 Å². The maximum atomic E-state index is 12.0. The van der Waals surface area contributed by atoms with E-state index in [1.165, 1.54) is 38.8 Å². The topological polar surface area (TPSA) is 75.4 Å². The van der Waals surface area contributed by atoms with Gasteiger partial charge >= 0.3 is 0 Å². The zero-order valence-electron chi connectivity index (χ0n) is 13.0. The largest absolute Gasteiger partial charge is 0.366 e. The molecule has 2 rings (SSSR count). The second-order valence-electron chi connectivity index (χ2n) is 5.81. The summed E-state index contributed by atoms with van der Waals surface area (Å²) in [5.41, 5.74) is 6.15. The molecule has 1 aliphatic rings. The molecule has 2 amide bonds. The summed E-state index contributed by atoms with van der Waals surface area (Å²) in [6, 6.07) is 6.41. The summed E-state index contributed by atoms with van der Waals surface area (Å²) in [5.74, 6) is -0.587. The van der Waals surface area contributed by atoms with Gasteiger partial charge in [0.05, 0.1) is 0 Å². The van der Waals surface area contributed by atoms with Crippen LogP contribution in [0.4, 0.5) is 0 Å². The summed E-state index contributed by atoms with van der Waals surface area (Å²) < 4.78 is 0. The van der Waals surface area contributed by atoms with E-state index in [9.17, 15) is 9.59 Å². The molecule has 0 atom stereocenters. The molecule has 1 fully saturated rings. The maximum absolute atomic E-state index is 12.0. The third-order valence-electron chi connectivity index (χ3n) is 4.07. The Labute approximate surface area is 131 Å². The predicted molar refractivity (Wildman–Crippen MR) is 86.8 cm³/mol. The van der Waals surface area contributed by atoms with Gasteiger partial charge in [-0.2, -0.15) is 0 Å². The lowest BCUT2D eigenvalue weighted by Crippen LogP contribution is -2.30. The molecule has 5 heteroatoms. The summed E-state index contributed by atoms with van der Waals surface area (Å²) in [7, 11) is 0. The minimum absolute atomic E-state index is 0.105. The Morgan fingerprint density at radius 3 is 2.18 bits per heavy atom. The lowest BCUT2D eigenvalue weighted by Gasteiger charge is -2.19. The molecule has 1 saturated heterocycles. The van der Waals surface area contributed by atoms with Crippen LogP contribution in [0.15, 0.2) is 24.3 Å². The molecule has 0 radical (unpaired) electrons. The standard InChI is InChI=1S/C17H25N3O2/c18-16(21)14-6-8-15(9-7-14)17(22)19-10-5-13-20-11-3-1-2-4-12-20/h6-9H,1-5,10-13H2,(H2,18,21)(H,19,22). The normalized spacial score (nSPS) is 16.0. The molecule has 0 unspecified atom stereocenters. The number of carbonyl (C=O) groups excluding carboxylic acids is 2. The Hall–Kier alpha value is -1.88. The highest BCUT2D eigenvalue weighted by Gasteiger charge is 2.09. The molecule has 0 saturated carbocycles. The molecule has 1 heterocycles. The Kier molecular flexibility index (Phi) is 6.40. The molecule has 5 nitrogen and oxygen atoms in total. The summed E-state index contributed by atoms with van der Waals surface area (Å²) in [4.78, 5) is 25.5. The third-order valence-corrected chi connectivity index (χ3v) is 4.07. The highest BCUT2D eigenvalue weighted by molar-refractivity contribution is 5.97. The number of likely N-dealkylation sites (tertiary alicyclic amines) is 1. The number of carbonyl (C=O) groups is 2. The van der Waals surface area contributed by atoms with Gasteiger partial charge in [-0.1, -0.05) is 12.8 Å². The molecule has 3 N–H and O–H groups in total. The van der Waals surface area contributed by atoms with Gasteiger partial charge in [-0.05, 0) is 63.2 Å². The Morgan fingerprint density at radius 2 is 1.59 bits per heavy atom. The highest BCUT2D eigenvalue weighted by atomic mass is 16.2. The molecule has 1 aliphatic heterocycles. The number of hydrogen-bond acceptors (Lipinski definition) is 3. The smallest absolute Gasteiger partial charge is 0.251 e. The Bertz CT molecular complexity index is 491. The van der Waals surface area contributed by atoms with E-state index in [1.807, 2.05) is 0 Å². The first-order valence-electron chi connectivity index (χ1n) is 8.07. The van der Waals surface area contributed by atoms with Crippen LogP contribution in [0.2, 0.25) is 0 Å². The fraction of sp³-hybridized carbons (Fsp3) is 0.529. The van der Waals surface area contributed by atoms with Gasteiger partial charge in [-0.25, -0.2) is 0 Å². The number of rotatable bonds is 6. The van der Waals surface area contributed by atoms with E-state index in [-0.39, 0.29) is 5.91 Å². The first-order valence-corrected chi connectivity index (χ1v) is 8.07. The van der Waals surface area contributed by atoms with Gasteiger partial charge in [0.1, 0.15) is 0 Å². The SMILES string of the molecule is NC(=O)c1ccc(C(=O)NCCCN2CCCCCC2)cc1. The third kappa shape index (κ3) is 5.15. The summed E-state index contributed by atoms with van der Waals surface area (Å²) in [5, 5.41) is 2.92. The lowest BCUT2D eigenvalue weighted by molar-refractivity contribution is 0.0949. The zero-order valence-corrected chi connectivity index (χ0v) is 13.0. The fourth-order valence-corrected chi connectivity index (χ4v) is 2.75. The molecule has 0 aromatic heterocycles. The fourth-order valence-electron chi connectivity index (χ4n) is 2.75. The van der Waals surface area contributed by atoms with Gasteiger partial charge in [-0.15, -0.1) is 0 Å². The second-order valence-corrected chi connectivity index (χ2v) is 5.81. The van der Waals surface area contributed by atoms with E-state index in [0.717, 1.165) is 13.0 Å². The average Bonchev–Trinajstić information content (AvgIpc) is 2.80. The van der Waals surface area contributed by atoms with Crippen molar-refractivity contribution in [2.24, 2.45) is 5.73 Å². The second kappa shape index (κ2) is 8.54. The van der Waals surface area contributed by atoms with Crippen molar-refractivity contribution in [2.75, 3.05) is 26.2 Å². The minimum atomic E-state index is -0.482. The number of nitrogens with one attached hydrogen (secondary N) is 1. The Balaban J connectivity index is 1.69. The molecule has 120 valence electrons. The molecule has 22 heavy (non-hydrogen) atoms. The molecular weight excluding hydrogens is 278 g/mol.